The standard InChI is InChI=1S/C36H31F3N4O2/c37-36(38,39)24-40-33(44)35(29-20-10-8-18-27(29)28-19-9-11-21-30(28)35)22-12-3-13-23-45-34-41-31(25-14-4-1-5-15-25)32(42-43-34)26-16-6-2-7-17-26/h1-2,4-11,14-21H,3,12-13,22-24H2,(H,40,44). The minimum atomic E-state index is -4.51. The van der Waals surface area contributed by atoms with Gasteiger partial charge < -0.3 is 10.1 Å². The van der Waals surface area contributed by atoms with Gasteiger partial charge in [-0.3, -0.25) is 4.79 Å². The van der Waals surface area contributed by atoms with E-state index in [0.29, 0.717) is 43.7 Å². The van der Waals surface area contributed by atoms with Crippen LogP contribution < -0.4 is 10.1 Å². The third-order valence-corrected chi connectivity index (χ3v) is 8.09. The monoisotopic (exact) mass is 608 g/mol. The van der Waals surface area contributed by atoms with Crippen LogP contribution in [-0.4, -0.2) is 40.4 Å². The van der Waals surface area contributed by atoms with Gasteiger partial charge in [0.15, 0.2) is 0 Å². The lowest BCUT2D eigenvalue weighted by molar-refractivity contribution is -0.141. The van der Waals surface area contributed by atoms with E-state index >= 15 is 0 Å². The van der Waals surface area contributed by atoms with Crippen molar-refractivity contribution >= 4 is 5.91 Å². The summed E-state index contributed by atoms with van der Waals surface area (Å²) in [5.74, 6) is -0.639. The molecule has 0 fully saturated rings. The van der Waals surface area contributed by atoms with E-state index in [9.17, 15) is 18.0 Å². The highest BCUT2D eigenvalue weighted by Gasteiger charge is 2.49. The maximum atomic E-state index is 13.7. The number of unbranched alkanes of at least 4 members (excludes halogenated alkanes) is 2. The van der Waals surface area contributed by atoms with Gasteiger partial charge in [0.25, 0.3) is 0 Å². The number of carbonyl (C=O) groups excluding carboxylic acids is 1. The van der Waals surface area contributed by atoms with E-state index in [4.69, 9.17) is 4.74 Å². The van der Waals surface area contributed by atoms with E-state index in [1.165, 1.54) is 0 Å². The number of rotatable bonds is 11. The predicted octanol–water partition coefficient (Wildman–Crippen LogP) is 7.79. The molecule has 1 aliphatic rings. The molecule has 0 unspecified atom stereocenters. The van der Waals surface area contributed by atoms with Crippen molar-refractivity contribution in [1.29, 1.82) is 0 Å². The molecule has 1 N–H and O–H groups in total. The highest BCUT2D eigenvalue weighted by Crippen LogP contribution is 2.51. The number of carbonyl (C=O) groups is 1. The summed E-state index contributed by atoms with van der Waals surface area (Å²) in [6.45, 7) is -1.06. The van der Waals surface area contributed by atoms with E-state index < -0.39 is 24.0 Å². The zero-order chi connectivity index (χ0) is 31.3. The van der Waals surface area contributed by atoms with Crippen LogP contribution >= 0.6 is 0 Å². The number of halogens is 3. The lowest BCUT2D eigenvalue weighted by Crippen LogP contribution is -2.47. The summed E-state index contributed by atoms with van der Waals surface area (Å²) in [5, 5.41) is 10.8. The average Bonchev–Trinajstić information content (AvgIpc) is 3.36. The average molecular weight is 609 g/mol. The maximum absolute atomic E-state index is 13.7. The smallest absolute Gasteiger partial charge is 0.405 e. The summed E-state index contributed by atoms with van der Waals surface area (Å²) in [5.41, 5.74) is 5.09. The second-order valence-corrected chi connectivity index (χ2v) is 11.0. The number of hydrogen-bond donors (Lipinski definition) is 1. The molecular weight excluding hydrogens is 577 g/mol. The minimum Gasteiger partial charge on any atom is -0.462 e. The summed E-state index contributed by atoms with van der Waals surface area (Å²) < 4.78 is 45.3. The Bertz CT molecular complexity index is 1730. The van der Waals surface area contributed by atoms with Gasteiger partial charge in [0.05, 0.1) is 6.61 Å². The van der Waals surface area contributed by atoms with Crippen molar-refractivity contribution in [2.75, 3.05) is 13.2 Å². The molecule has 6 nitrogen and oxygen atoms in total. The van der Waals surface area contributed by atoms with Crippen LogP contribution in [0, 0.1) is 0 Å². The first-order chi connectivity index (χ1) is 21.9. The molecule has 0 atom stereocenters. The van der Waals surface area contributed by atoms with E-state index in [-0.39, 0.29) is 6.01 Å². The van der Waals surface area contributed by atoms with Gasteiger partial charge in [-0.05, 0) is 35.1 Å². The Morgan fingerprint density at radius 3 is 1.84 bits per heavy atom. The van der Waals surface area contributed by atoms with Crippen LogP contribution in [0.3, 0.4) is 0 Å². The van der Waals surface area contributed by atoms with Crippen molar-refractivity contribution in [2.24, 2.45) is 0 Å². The summed E-state index contributed by atoms with van der Waals surface area (Å²) >= 11 is 0. The van der Waals surface area contributed by atoms with Crippen molar-refractivity contribution in [3.8, 4) is 39.7 Å². The number of hydrogen-bond acceptors (Lipinski definition) is 5. The zero-order valence-electron chi connectivity index (χ0n) is 24.4. The van der Waals surface area contributed by atoms with Gasteiger partial charge in [-0.1, -0.05) is 127 Å². The third-order valence-electron chi connectivity index (χ3n) is 8.09. The zero-order valence-corrected chi connectivity index (χ0v) is 24.4. The second-order valence-electron chi connectivity index (χ2n) is 11.0. The number of aromatic nitrogens is 3. The topological polar surface area (TPSA) is 77.0 Å². The number of nitrogens with one attached hydrogen (secondary N) is 1. The molecule has 5 aromatic rings. The predicted molar refractivity (Wildman–Crippen MR) is 166 cm³/mol. The molecule has 4 aromatic carbocycles. The molecule has 0 bridgehead atoms. The lowest BCUT2D eigenvalue weighted by Gasteiger charge is -2.31. The summed E-state index contributed by atoms with van der Waals surface area (Å²) in [6, 6.07) is 34.5. The largest absolute Gasteiger partial charge is 0.462 e. The summed E-state index contributed by atoms with van der Waals surface area (Å²) in [4.78, 5) is 18.3. The van der Waals surface area contributed by atoms with Crippen LogP contribution in [0.4, 0.5) is 13.2 Å². The van der Waals surface area contributed by atoms with Gasteiger partial charge in [-0.15, -0.1) is 5.10 Å². The van der Waals surface area contributed by atoms with Crippen LogP contribution in [0.25, 0.3) is 33.6 Å². The number of ether oxygens (including phenoxy) is 1. The van der Waals surface area contributed by atoms with E-state index in [1.807, 2.05) is 109 Å². The first-order valence-electron chi connectivity index (χ1n) is 14.9. The Balaban J connectivity index is 1.15. The first-order valence-corrected chi connectivity index (χ1v) is 14.9. The maximum Gasteiger partial charge on any atom is 0.405 e. The SMILES string of the molecule is O=C(NCC(F)(F)F)C1(CCCCCOc2nnc(-c3ccccc3)c(-c3ccccc3)n2)c2ccccc2-c2ccccc21. The Hall–Kier alpha value is -5.05. The fourth-order valence-corrected chi connectivity index (χ4v) is 6.08. The van der Waals surface area contributed by atoms with Crippen LogP contribution in [0.5, 0.6) is 6.01 Å². The van der Waals surface area contributed by atoms with Gasteiger partial charge in [0, 0.05) is 11.1 Å². The number of alkyl halides is 3. The summed E-state index contributed by atoms with van der Waals surface area (Å²) in [6.07, 6.45) is -2.25. The fourth-order valence-electron chi connectivity index (χ4n) is 6.08. The van der Waals surface area contributed by atoms with Crippen LogP contribution in [0.2, 0.25) is 0 Å². The van der Waals surface area contributed by atoms with Gasteiger partial charge in [-0.25, -0.2) is 0 Å². The highest BCUT2D eigenvalue weighted by molar-refractivity contribution is 6.00. The molecule has 1 heterocycles. The Morgan fingerprint density at radius 1 is 0.689 bits per heavy atom. The minimum absolute atomic E-state index is 0.162. The molecule has 1 aliphatic carbocycles. The lowest BCUT2D eigenvalue weighted by atomic mass is 9.73. The van der Waals surface area contributed by atoms with E-state index in [2.05, 4.69) is 20.5 Å². The quantitative estimate of drug-likeness (QED) is 0.155. The normalized spacial score (nSPS) is 13.1. The first kappa shape index (κ1) is 30.0. The molecule has 0 radical (unpaired) electrons. The second kappa shape index (κ2) is 12.9. The number of amides is 1. The number of benzene rings is 4. The van der Waals surface area contributed by atoms with Crippen LogP contribution in [0.1, 0.15) is 36.8 Å². The molecule has 1 amide bonds. The molecule has 45 heavy (non-hydrogen) atoms. The Labute approximate surface area is 259 Å². The molecule has 0 saturated carbocycles. The molecule has 6 rings (SSSR count). The molecule has 1 aromatic heterocycles. The summed E-state index contributed by atoms with van der Waals surface area (Å²) in [7, 11) is 0. The van der Waals surface area contributed by atoms with Crippen molar-refractivity contribution in [1.82, 2.24) is 20.5 Å². The van der Waals surface area contributed by atoms with E-state index in [1.54, 1.807) is 0 Å². The molecule has 9 heteroatoms. The van der Waals surface area contributed by atoms with Gasteiger partial charge in [0.1, 0.15) is 23.3 Å². The van der Waals surface area contributed by atoms with E-state index in [0.717, 1.165) is 33.4 Å². The van der Waals surface area contributed by atoms with Gasteiger partial charge in [0.2, 0.25) is 5.91 Å². The molecule has 0 aliphatic heterocycles. The van der Waals surface area contributed by atoms with Crippen molar-refractivity contribution in [3.05, 3.63) is 120 Å². The van der Waals surface area contributed by atoms with Gasteiger partial charge >= 0.3 is 12.2 Å². The molecular formula is C36H31F3N4O2. The van der Waals surface area contributed by atoms with Crippen molar-refractivity contribution < 1.29 is 22.7 Å². The van der Waals surface area contributed by atoms with Crippen molar-refractivity contribution in [3.63, 3.8) is 0 Å². The number of nitrogens with zero attached hydrogens (tertiary/aromatic N) is 3. The fraction of sp³-hybridized carbons (Fsp3) is 0.222. The molecule has 0 spiro atoms. The third kappa shape index (κ3) is 6.29. The van der Waals surface area contributed by atoms with Crippen LogP contribution in [0.15, 0.2) is 109 Å². The van der Waals surface area contributed by atoms with Crippen molar-refractivity contribution in [2.45, 2.75) is 37.3 Å². The number of fused-ring (bicyclic) bond motifs is 3. The molecule has 0 saturated heterocycles. The Kier molecular flexibility index (Phi) is 8.60. The Morgan fingerprint density at radius 2 is 1.24 bits per heavy atom. The highest BCUT2D eigenvalue weighted by atomic mass is 19.4. The van der Waals surface area contributed by atoms with Gasteiger partial charge in [-0.2, -0.15) is 18.2 Å². The van der Waals surface area contributed by atoms with Crippen LogP contribution in [-0.2, 0) is 10.2 Å². The molecule has 228 valence electrons.